The molecule has 1 N–H and O–H groups in total. The molecule has 1 aromatic carbocycles. The summed E-state index contributed by atoms with van der Waals surface area (Å²) in [6, 6.07) is 1.10. The highest BCUT2D eigenvalue weighted by molar-refractivity contribution is 6.44. The third kappa shape index (κ3) is 2.65. The Hall–Kier alpha value is -1.21. The Labute approximate surface area is 167 Å². The smallest absolute Gasteiger partial charge is 0.321 e. The number of hydrogen-bond acceptors (Lipinski definition) is 1. The monoisotopic (exact) mass is 503 g/mol. The predicted molar refractivity (Wildman–Crippen MR) is 78.7 cm³/mol. The first-order chi connectivity index (χ1) is 12.7. The van der Waals surface area contributed by atoms with Crippen molar-refractivity contribution in [3.8, 4) is 0 Å². The van der Waals surface area contributed by atoms with E-state index in [-0.39, 0.29) is 5.02 Å². The molecule has 0 saturated heterocycles. The van der Waals surface area contributed by atoms with Crippen LogP contribution >= 0.6 is 34.8 Å². The normalized spacial score (nSPS) is 25.3. The Bertz CT molecular complexity index is 844. The van der Waals surface area contributed by atoms with Crippen LogP contribution in [0.25, 0.3) is 0 Å². The number of alkyl halides is 11. The van der Waals surface area contributed by atoms with Gasteiger partial charge in [-0.3, -0.25) is 4.79 Å². The van der Waals surface area contributed by atoms with E-state index in [2.05, 4.69) is 0 Å². The van der Waals surface area contributed by atoms with Crippen molar-refractivity contribution in [2.75, 3.05) is 5.32 Å². The molecule has 0 aromatic heterocycles. The lowest BCUT2D eigenvalue weighted by molar-refractivity contribution is -0.475. The summed E-state index contributed by atoms with van der Waals surface area (Å²) >= 11 is 16.4. The van der Waals surface area contributed by atoms with E-state index in [1.54, 1.807) is 0 Å². The van der Waals surface area contributed by atoms with Gasteiger partial charge >= 0.3 is 35.3 Å². The van der Waals surface area contributed by atoms with Crippen LogP contribution in [0, 0.1) is 0 Å². The zero-order valence-electron chi connectivity index (χ0n) is 12.9. The molecule has 0 atom stereocenters. The van der Waals surface area contributed by atoms with Gasteiger partial charge in [-0.2, -0.15) is 43.9 Å². The number of benzene rings is 1. The number of carbonyl (C=O) groups is 1. The summed E-state index contributed by atoms with van der Waals surface area (Å²) in [6.45, 7) is 0. The van der Waals surface area contributed by atoms with Crippen molar-refractivity contribution in [3.63, 3.8) is 0 Å². The molecule has 1 aromatic rings. The Morgan fingerprint density at radius 3 is 1.38 bits per heavy atom. The van der Waals surface area contributed by atoms with Crippen LogP contribution in [0.3, 0.4) is 0 Å². The van der Waals surface area contributed by atoms with Crippen LogP contribution in [0.5, 0.6) is 0 Å². The number of hydrogen-bond donors (Lipinski definition) is 1. The summed E-state index contributed by atoms with van der Waals surface area (Å²) in [7, 11) is 0. The average Bonchev–Trinajstić information content (AvgIpc) is 2.56. The van der Waals surface area contributed by atoms with Crippen LogP contribution in [-0.2, 0) is 4.79 Å². The summed E-state index contributed by atoms with van der Waals surface area (Å²) < 4.78 is 150. The molecule has 164 valence electrons. The first kappa shape index (κ1) is 24.1. The molecule has 29 heavy (non-hydrogen) atoms. The molecule has 2 rings (SSSR count). The van der Waals surface area contributed by atoms with Crippen molar-refractivity contribution in [2.24, 2.45) is 0 Å². The Morgan fingerprint density at radius 2 is 0.966 bits per heavy atom. The fourth-order valence-electron chi connectivity index (χ4n) is 2.33. The Balaban J connectivity index is 2.71. The van der Waals surface area contributed by atoms with Crippen molar-refractivity contribution in [2.45, 2.75) is 35.3 Å². The summed E-state index contributed by atoms with van der Waals surface area (Å²) in [6.07, 6.45) is 0. The molecule has 1 saturated carbocycles. The van der Waals surface area contributed by atoms with Crippen LogP contribution in [0.2, 0.25) is 15.1 Å². The molecular formula is C13H3Cl3F11NO. The second kappa shape index (κ2) is 6.39. The van der Waals surface area contributed by atoms with Crippen LogP contribution in [0.15, 0.2) is 12.1 Å². The van der Waals surface area contributed by atoms with Crippen LogP contribution in [-0.4, -0.2) is 41.2 Å². The highest BCUT2D eigenvalue weighted by Gasteiger charge is 3.02. The van der Waals surface area contributed by atoms with E-state index in [1.807, 2.05) is 0 Å². The fourth-order valence-corrected chi connectivity index (χ4v) is 2.93. The first-order valence-corrected chi connectivity index (χ1v) is 7.89. The number of amides is 1. The van der Waals surface area contributed by atoms with E-state index in [4.69, 9.17) is 34.8 Å². The van der Waals surface area contributed by atoms with Gasteiger partial charge in [0.2, 0.25) is 0 Å². The third-order valence-electron chi connectivity index (χ3n) is 4.01. The zero-order chi connectivity index (χ0) is 23.0. The third-order valence-corrected chi connectivity index (χ3v) is 5.05. The van der Waals surface area contributed by atoms with E-state index in [0.717, 1.165) is 5.32 Å². The number of nitrogens with one attached hydrogen (secondary N) is 1. The van der Waals surface area contributed by atoms with E-state index >= 15 is 0 Å². The second-order valence-corrected chi connectivity index (χ2v) is 6.95. The maximum Gasteiger partial charge on any atom is 0.384 e. The lowest BCUT2D eigenvalue weighted by atomic mass is 9.71. The highest BCUT2D eigenvalue weighted by atomic mass is 35.5. The van der Waals surface area contributed by atoms with Gasteiger partial charge in [-0.05, 0) is 12.1 Å². The number of rotatable bonds is 2. The summed E-state index contributed by atoms with van der Waals surface area (Å²) in [5.74, 6) is -40.4. The van der Waals surface area contributed by atoms with Gasteiger partial charge in [-0.1, -0.05) is 34.8 Å². The molecule has 1 aliphatic carbocycles. The van der Waals surface area contributed by atoms with Crippen molar-refractivity contribution in [1.82, 2.24) is 0 Å². The molecule has 0 bridgehead atoms. The minimum absolute atomic E-state index is 0.365. The molecular weight excluding hydrogens is 501 g/mol. The molecule has 0 aliphatic heterocycles. The SMILES string of the molecule is O=C(Nc1cc(Cl)c(Cl)cc1Cl)C1(F)C(F)(F)C(F)(F)C(F)(F)C(F)(F)C1(F)F. The van der Waals surface area contributed by atoms with Gasteiger partial charge in [0.25, 0.3) is 5.91 Å². The Kier molecular flexibility index (Phi) is 5.31. The molecule has 0 radical (unpaired) electrons. The predicted octanol–water partition coefficient (Wildman–Crippen LogP) is 6.48. The topological polar surface area (TPSA) is 29.1 Å². The zero-order valence-corrected chi connectivity index (χ0v) is 15.1. The number of anilines is 1. The summed E-state index contributed by atoms with van der Waals surface area (Å²) in [5, 5.41) is -0.878. The van der Waals surface area contributed by atoms with E-state index in [1.165, 1.54) is 0 Å². The fraction of sp³-hybridized carbons (Fsp3) is 0.462. The maximum atomic E-state index is 14.5. The first-order valence-electron chi connectivity index (χ1n) is 6.75. The van der Waals surface area contributed by atoms with E-state index < -0.39 is 56.9 Å². The maximum absolute atomic E-state index is 14.5. The van der Waals surface area contributed by atoms with Gasteiger partial charge in [0.1, 0.15) is 0 Å². The molecule has 0 spiro atoms. The molecule has 1 fully saturated rings. The lowest BCUT2D eigenvalue weighted by Crippen LogP contribution is -2.86. The molecule has 2 nitrogen and oxygen atoms in total. The van der Waals surface area contributed by atoms with E-state index in [9.17, 15) is 53.1 Å². The van der Waals surface area contributed by atoms with Gasteiger partial charge < -0.3 is 5.32 Å². The Morgan fingerprint density at radius 1 is 0.621 bits per heavy atom. The largest absolute Gasteiger partial charge is 0.384 e. The lowest BCUT2D eigenvalue weighted by Gasteiger charge is -2.51. The number of halogens is 14. The van der Waals surface area contributed by atoms with Crippen molar-refractivity contribution < 1.29 is 53.1 Å². The molecule has 0 unspecified atom stereocenters. The molecule has 16 heteroatoms. The van der Waals surface area contributed by atoms with Crippen LogP contribution in [0.1, 0.15) is 0 Å². The molecule has 1 aliphatic rings. The van der Waals surface area contributed by atoms with Crippen molar-refractivity contribution in [1.29, 1.82) is 0 Å². The van der Waals surface area contributed by atoms with Crippen molar-refractivity contribution >= 4 is 46.4 Å². The second-order valence-electron chi connectivity index (χ2n) is 5.73. The van der Waals surface area contributed by atoms with Gasteiger partial charge in [0.15, 0.2) is 0 Å². The summed E-state index contributed by atoms with van der Waals surface area (Å²) in [4.78, 5) is 11.8. The molecule has 1 amide bonds. The highest BCUT2D eigenvalue weighted by Crippen LogP contribution is 2.69. The van der Waals surface area contributed by atoms with Gasteiger partial charge in [0, 0.05) is 0 Å². The minimum Gasteiger partial charge on any atom is -0.321 e. The van der Waals surface area contributed by atoms with E-state index in [0.29, 0.717) is 12.1 Å². The van der Waals surface area contributed by atoms with Gasteiger partial charge in [0.05, 0.1) is 20.8 Å². The summed E-state index contributed by atoms with van der Waals surface area (Å²) in [5.41, 5.74) is -7.94. The van der Waals surface area contributed by atoms with Gasteiger partial charge in [-0.25, -0.2) is 4.39 Å². The standard InChI is InChI=1S/C13H3Cl3F11NO/c14-3-1-5(16)6(2-4(3)15)28-7(29)8(17)9(18,19)11(22,23)13(26,27)12(24,25)10(8,20)21/h1-2H,(H,28,29). The van der Waals surface area contributed by atoms with Crippen LogP contribution < -0.4 is 5.32 Å². The van der Waals surface area contributed by atoms with Gasteiger partial charge in [-0.15, -0.1) is 0 Å². The van der Waals surface area contributed by atoms with Crippen LogP contribution in [0.4, 0.5) is 54.0 Å². The quantitative estimate of drug-likeness (QED) is 0.362. The molecule has 0 heterocycles. The number of carbonyl (C=O) groups excluding carboxylic acids is 1. The minimum atomic E-state index is -7.43. The van der Waals surface area contributed by atoms with Crippen molar-refractivity contribution in [3.05, 3.63) is 27.2 Å². The average molecular weight is 505 g/mol.